The number of rotatable bonds is 7. The Bertz CT molecular complexity index is 768. The summed E-state index contributed by atoms with van der Waals surface area (Å²) in [5.74, 6) is 0.380. The van der Waals surface area contributed by atoms with Gasteiger partial charge in [-0.3, -0.25) is 4.79 Å². The van der Waals surface area contributed by atoms with E-state index in [1.54, 1.807) is 18.2 Å². The topological polar surface area (TPSA) is 114 Å². The molecule has 0 aliphatic carbocycles. The molecule has 0 radical (unpaired) electrons. The Balaban J connectivity index is 2.27. The van der Waals surface area contributed by atoms with E-state index in [2.05, 4.69) is 5.32 Å². The summed E-state index contributed by atoms with van der Waals surface area (Å²) in [5.41, 5.74) is 14.1. The predicted molar refractivity (Wildman–Crippen MR) is 98.9 cm³/mol. The molecule has 0 fully saturated rings. The Kier molecular flexibility index (Phi) is 6.11. The van der Waals surface area contributed by atoms with Crippen molar-refractivity contribution in [2.45, 2.75) is 6.92 Å². The number of carbonyl (C=O) groups is 1. The fraction of sp³-hybridized carbons (Fsp3) is 0.176. The van der Waals surface area contributed by atoms with Gasteiger partial charge >= 0.3 is 0 Å². The maximum atomic E-state index is 12.3. The Morgan fingerprint density at radius 3 is 2.83 bits per heavy atom. The zero-order valence-electron chi connectivity index (χ0n) is 13.3. The van der Waals surface area contributed by atoms with Crippen LogP contribution in [0.15, 0.2) is 35.7 Å². The molecule has 6 N–H and O–H groups in total. The number of hydrogen-bond acceptors (Lipinski definition) is 6. The minimum Gasteiger partial charge on any atom is -0.492 e. The third kappa shape index (κ3) is 4.43. The highest BCUT2D eigenvalue weighted by Crippen LogP contribution is 2.27. The van der Waals surface area contributed by atoms with Crippen LogP contribution in [0.4, 0.5) is 5.69 Å². The molecular weight excluding hydrogens is 324 g/mol. The minimum atomic E-state index is -0.177. The summed E-state index contributed by atoms with van der Waals surface area (Å²) in [6.07, 6.45) is 2.56. The first kappa shape index (κ1) is 17.7. The summed E-state index contributed by atoms with van der Waals surface area (Å²) in [6.45, 7) is 2.67. The molecular formula is C17H20N4O2S. The standard InChI is InChI=1S/C17H20N4O2S/c1-11-8-16(24-10-11)17(22)21-12-2-3-15(23-7-6-19)13(9-12)14(20)4-5-18/h2-5,8-10,18H,6-7,19-20H2,1H3,(H,21,22)/b14-4-,18-5?. The van der Waals surface area contributed by atoms with E-state index < -0.39 is 0 Å². The van der Waals surface area contributed by atoms with Gasteiger partial charge in [0.15, 0.2) is 0 Å². The lowest BCUT2D eigenvalue weighted by atomic mass is 10.1. The van der Waals surface area contributed by atoms with E-state index in [9.17, 15) is 4.79 Å². The molecule has 24 heavy (non-hydrogen) atoms. The van der Waals surface area contributed by atoms with Gasteiger partial charge in [-0.25, -0.2) is 0 Å². The number of carbonyl (C=O) groups excluding carboxylic acids is 1. The molecule has 0 aliphatic heterocycles. The number of thiophene rings is 1. The zero-order valence-corrected chi connectivity index (χ0v) is 14.2. The fourth-order valence-corrected chi connectivity index (χ4v) is 2.84. The van der Waals surface area contributed by atoms with Gasteiger partial charge in [-0.05, 0) is 48.2 Å². The molecule has 0 saturated carbocycles. The van der Waals surface area contributed by atoms with Gasteiger partial charge in [0, 0.05) is 29.7 Å². The number of nitrogens with one attached hydrogen (secondary N) is 2. The molecule has 1 heterocycles. The Morgan fingerprint density at radius 1 is 1.42 bits per heavy atom. The Morgan fingerprint density at radius 2 is 2.21 bits per heavy atom. The van der Waals surface area contributed by atoms with Crippen molar-refractivity contribution < 1.29 is 9.53 Å². The molecule has 2 aromatic rings. The van der Waals surface area contributed by atoms with Crippen LogP contribution in [0.1, 0.15) is 20.8 Å². The van der Waals surface area contributed by atoms with Gasteiger partial charge in [0.1, 0.15) is 12.4 Å². The quantitative estimate of drug-likeness (QED) is 0.578. The van der Waals surface area contributed by atoms with Crippen molar-refractivity contribution in [1.29, 1.82) is 5.41 Å². The largest absolute Gasteiger partial charge is 0.492 e. The van der Waals surface area contributed by atoms with Crippen LogP contribution in [0.25, 0.3) is 5.70 Å². The number of amides is 1. The molecule has 0 unspecified atom stereocenters. The van der Waals surface area contributed by atoms with Crippen LogP contribution in [0.3, 0.4) is 0 Å². The second kappa shape index (κ2) is 8.28. The average Bonchev–Trinajstić information content (AvgIpc) is 3.00. The van der Waals surface area contributed by atoms with Crippen LogP contribution in [0.2, 0.25) is 0 Å². The third-order valence-corrected chi connectivity index (χ3v) is 4.19. The van der Waals surface area contributed by atoms with E-state index in [0.717, 1.165) is 11.8 Å². The van der Waals surface area contributed by atoms with Crippen molar-refractivity contribution in [2.24, 2.45) is 11.5 Å². The summed E-state index contributed by atoms with van der Waals surface area (Å²) < 4.78 is 5.57. The summed E-state index contributed by atoms with van der Waals surface area (Å²) in [4.78, 5) is 12.9. The second-order valence-corrected chi connectivity index (χ2v) is 5.99. The number of anilines is 1. The van der Waals surface area contributed by atoms with Crippen molar-refractivity contribution in [1.82, 2.24) is 0 Å². The Labute approximate surface area is 144 Å². The maximum Gasteiger partial charge on any atom is 0.265 e. The molecule has 0 bridgehead atoms. The minimum absolute atomic E-state index is 0.177. The molecule has 1 amide bonds. The van der Waals surface area contributed by atoms with Gasteiger partial charge in [0.25, 0.3) is 5.91 Å². The van der Waals surface area contributed by atoms with Crippen LogP contribution in [-0.2, 0) is 0 Å². The first-order valence-corrected chi connectivity index (χ1v) is 8.23. The lowest BCUT2D eigenvalue weighted by molar-refractivity contribution is 0.103. The van der Waals surface area contributed by atoms with Crippen LogP contribution in [-0.4, -0.2) is 25.3 Å². The lowest BCUT2D eigenvalue weighted by Crippen LogP contribution is -2.13. The van der Waals surface area contributed by atoms with Crippen LogP contribution >= 0.6 is 11.3 Å². The number of ether oxygens (including phenoxy) is 1. The van der Waals surface area contributed by atoms with Gasteiger partial charge in [0.05, 0.1) is 4.88 Å². The molecule has 0 aliphatic rings. The van der Waals surface area contributed by atoms with Crippen LogP contribution in [0.5, 0.6) is 5.75 Å². The van der Waals surface area contributed by atoms with E-state index >= 15 is 0 Å². The first-order valence-electron chi connectivity index (χ1n) is 7.35. The molecule has 0 spiro atoms. The van der Waals surface area contributed by atoms with Crippen molar-refractivity contribution >= 4 is 34.8 Å². The van der Waals surface area contributed by atoms with Gasteiger partial charge in [-0.15, -0.1) is 11.3 Å². The van der Waals surface area contributed by atoms with E-state index in [4.69, 9.17) is 21.6 Å². The smallest absolute Gasteiger partial charge is 0.265 e. The number of allylic oxidation sites excluding steroid dienone is 1. The second-order valence-electron chi connectivity index (χ2n) is 5.08. The summed E-state index contributed by atoms with van der Waals surface area (Å²) in [5, 5.41) is 11.9. The van der Waals surface area contributed by atoms with E-state index in [1.807, 2.05) is 18.4 Å². The fourth-order valence-electron chi connectivity index (χ4n) is 2.05. The summed E-state index contributed by atoms with van der Waals surface area (Å²) >= 11 is 1.39. The highest BCUT2D eigenvalue weighted by molar-refractivity contribution is 7.12. The molecule has 2 rings (SSSR count). The zero-order chi connectivity index (χ0) is 17.5. The molecule has 1 aromatic heterocycles. The number of hydrogen-bond donors (Lipinski definition) is 4. The highest BCUT2D eigenvalue weighted by Gasteiger charge is 2.12. The average molecular weight is 344 g/mol. The van der Waals surface area contributed by atoms with Gasteiger partial charge in [-0.2, -0.15) is 0 Å². The molecule has 1 aromatic carbocycles. The number of aryl methyl sites for hydroxylation is 1. The SMILES string of the molecule is Cc1csc(C(=O)Nc2ccc(OCCN)c(/C(N)=C/C=N)c2)c1. The van der Waals surface area contributed by atoms with Crippen molar-refractivity contribution in [3.05, 3.63) is 51.7 Å². The summed E-state index contributed by atoms with van der Waals surface area (Å²) in [6, 6.07) is 7.03. The van der Waals surface area contributed by atoms with Crippen molar-refractivity contribution in [3.63, 3.8) is 0 Å². The van der Waals surface area contributed by atoms with Gasteiger partial charge < -0.3 is 26.9 Å². The van der Waals surface area contributed by atoms with Gasteiger partial charge in [0.2, 0.25) is 0 Å². The van der Waals surface area contributed by atoms with E-state index in [0.29, 0.717) is 40.7 Å². The number of nitrogens with two attached hydrogens (primary N) is 2. The van der Waals surface area contributed by atoms with Crippen LogP contribution in [0, 0.1) is 12.3 Å². The highest BCUT2D eigenvalue weighted by atomic mass is 32.1. The van der Waals surface area contributed by atoms with Crippen molar-refractivity contribution in [3.8, 4) is 5.75 Å². The molecule has 126 valence electrons. The van der Waals surface area contributed by atoms with Crippen LogP contribution < -0.4 is 21.5 Å². The lowest BCUT2D eigenvalue weighted by Gasteiger charge is -2.13. The van der Waals surface area contributed by atoms with Crippen molar-refractivity contribution in [2.75, 3.05) is 18.5 Å². The van der Waals surface area contributed by atoms with Gasteiger partial charge in [-0.1, -0.05) is 0 Å². The third-order valence-electron chi connectivity index (χ3n) is 3.14. The molecule has 0 saturated heterocycles. The summed E-state index contributed by atoms with van der Waals surface area (Å²) in [7, 11) is 0. The van der Waals surface area contributed by atoms with E-state index in [-0.39, 0.29) is 5.91 Å². The Hall–Kier alpha value is -2.64. The molecule has 7 heteroatoms. The number of benzene rings is 1. The monoisotopic (exact) mass is 344 g/mol. The normalized spacial score (nSPS) is 11.2. The predicted octanol–water partition coefficient (Wildman–Crippen LogP) is 2.60. The molecule has 0 atom stereocenters. The van der Waals surface area contributed by atoms with E-state index in [1.165, 1.54) is 17.4 Å². The maximum absolute atomic E-state index is 12.3. The molecule has 6 nitrogen and oxygen atoms in total. The first-order chi connectivity index (χ1) is 11.5.